The molecule has 1 aromatic carbocycles. The lowest BCUT2D eigenvalue weighted by molar-refractivity contribution is 0.457. The summed E-state index contributed by atoms with van der Waals surface area (Å²) in [4.78, 5) is 0.219. The Labute approximate surface area is 119 Å². The first-order valence-electron chi connectivity index (χ1n) is 6.51. The molecule has 4 heteroatoms. The predicted molar refractivity (Wildman–Crippen MR) is 81.8 cm³/mol. The molecule has 1 aliphatic carbocycles. The summed E-state index contributed by atoms with van der Waals surface area (Å²) in [5.41, 5.74) is 7.67. The second-order valence-corrected chi connectivity index (χ2v) is 6.87. The minimum Gasteiger partial charge on any atom is -0.389 e. The van der Waals surface area contributed by atoms with E-state index in [-0.39, 0.29) is 10.8 Å². The van der Waals surface area contributed by atoms with E-state index in [1.165, 1.54) is 12.1 Å². The summed E-state index contributed by atoms with van der Waals surface area (Å²) in [6.07, 6.45) is 0. The van der Waals surface area contributed by atoms with Crippen LogP contribution in [-0.2, 0) is 0 Å². The van der Waals surface area contributed by atoms with Gasteiger partial charge in [0, 0.05) is 17.8 Å². The Morgan fingerprint density at radius 2 is 1.89 bits per heavy atom. The number of thiocarbonyl (C=S) groups is 1. The summed E-state index contributed by atoms with van der Waals surface area (Å²) in [7, 11) is 0. The molecule has 0 aliphatic heterocycles. The standard InChI is InChI=1S/C15H21FN2S/c1-14(2)12(15(14,3)4)8-18-11-6-5-9(16)7-10(11)13(17)19/h5-7,12,18H,8H2,1-4H3,(H2,17,19). The minimum atomic E-state index is -0.319. The maximum atomic E-state index is 13.2. The summed E-state index contributed by atoms with van der Waals surface area (Å²) >= 11 is 4.97. The molecule has 1 saturated carbocycles. The molecule has 0 spiro atoms. The first-order valence-corrected chi connectivity index (χ1v) is 6.92. The van der Waals surface area contributed by atoms with E-state index in [0.717, 1.165) is 12.2 Å². The largest absolute Gasteiger partial charge is 0.389 e. The van der Waals surface area contributed by atoms with E-state index < -0.39 is 0 Å². The fourth-order valence-corrected chi connectivity index (χ4v) is 3.10. The fraction of sp³-hybridized carbons (Fsp3) is 0.533. The van der Waals surface area contributed by atoms with Gasteiger partial charge in [-0.2, -0.15) is 0 Å². The Kier molecular flexibility index (Phi) is 3.33. The number of nitrogens with one attached hydrogen (secondary N) is 1. The van der Waals surface area contributed by atoms with Gasteiger partial charge >= 0.3 is 0 Å². The Hall–Kier alpha value is -1.16. The molecule has 0 heterocycles. The molecule has 0 bridgehead atoms. The van der Waals surface area contributed by atoms with Gasteiger partial charge in [-0.25, -0.2) is 4.39 Å². The molecule has 3 N–H and O–H groups in total. The number of nitrogens with two attached hydrogens (primary N) is 1. The van der Waals surface area contributed by atoms with Gasteiger partial charge < -0.3 is 11.1 Å². The van der Waals surface area contributed by atoms with Crippen molar-refractivity contribution in [3.05, 3.63) is 29.6 Å². The molecular formula is C15H21FN2S. The van der Waals surface area contributed by atoms with Gasteiger partial charge in [-0.3, -0.25) is 0 Å². The predicted octanol–water partition coefficient (Wildman–Crippen LogP) is 3.55. The Morgan fingerprint density at radius 3 is 2.37 bits per heavy atom. The van der Waals surface area contributed by atoms with Gasteiger partial charge in [-0.1, -0.05) is 39.9 Å². The molecule has 0 unspecified atom stereocenters. The van der Waals surface area contributed by atoms with Crippen molar-refractivity contribution in [1.29, 1.82) is 0 Å². The molecular weight excluding hydrogens is 259 g/mol. The van der Waals surface area contributed by atoms with Crippen LogP contribution in [0.15, 0.2) is 18.2 Å². The first-order chi connectivity index (χ1) is 8.68. The molecule has 0 amide bonds. The third kappa shape index (κ3) is 2.34. The second kappa shape index (κ2) is 4.44. The lowest BCUT2D eigenvalue weighted by Gasteiger charge is -2.12. The summed E-state index contributed by atoms with van der Waals surface area (Å²) < 4.78 is 13.2. The van der Waals surface area contributed by atoms with Crippen LogP contribution in [-0.4, -0.2) is 11.5 Å². The average Bonchev–Trinajstić information content (AvgIpc) is 2.68. The molecule has 0 saturated heterocycles. The Morgan fingerprint density at radius 1 is 1.32 bits per heavy atom. The van der Waals surface area contributed by atoms with Crippen LogP contribution in [0.4, 0.5) is 10.1 Å². The number of anilines is 1. The second-order valence-electron chi connectivity index (χ2n) is 6.43. The van der Waals surface area contributed by atoms with Crippen LogP contribution < -0.4 is 11.1 Å². The molecule has 1 fully saturated rings. The van der Waals surface area contributed by atoms with Gasteiger partial charge in [0.2, 0.25) is 0 Å². The normalized spacial score (nSPS) is 20.1. The maximum Gasteiger partial charge on any atom is 0.124 e. The summed E-state index contributed by atoms with van der Waals surface area (Å²) in [5.74, 6) is 0.268. The molecule has 19 heavy (non-hydrogen) atoms. The highest BCUT2D eigenvalue weighted by molar-refractivity contribution is 7.80. The number of hydrogen-bond donors (Lipinski definition) is 2. The van der Waals surface area contributed by atoms with Crippen LogP contribution in [0.3, 0.4) is 0 Å². The van der Waals surface area contributed by atoms with E-state index in [1.54, 1.807) is 6.07 Å². The Balaban J connectivity index is 2.11. The van der Waals surface area contributed by atoms with Crippen molar-refractivity contribution in [1.82, 2.24) is 0 Å². The van der Waals surface area contributed by atoms with E-state index in [4.69, 9.17) is 18.0 Å². The van der Waals surface area contributed by atoms with Gasteiger partial charge in [0.05, 0.1) is 0 Å². The van der Waals surface area contributed by atoms with Crippen molar-refractivity contribution in [2.24, 2.45) is 22.5 Å². The van der Waals surface area contributed by atoms with E-state index in [2.05, 4.69) is 33.0 Å². The van der Waals surface area contributed by atoms with Crippen molar-refractivity contribution < 1.29 is 4.39 Å². The van der Waals surface area contributed by atoms with Gasteiger partial charge in [-0.15, -0.1) is 0 Å². The van der Waals surface area contributed by atoms with E-state index >= 15 is 0 Å². The Bertz CT molecular complexity index is 509. The van der Waals surface area contributed by atoms with Crippen molar-refractivity contribution in [3.63, 3.8) is 0 Å². The smallest absolute Gasteiger partial charge is 0.124 e. The van der Waals surface area contributed by atoms with Crippen molar-refractivity contribution in [2.75, 3.05) is 11.9 Å². The molecule has 0 aromatic heterocycles. The van der Waals surface area contributed by atoms with E-state index in [0.29, 0.717) is 22.3 Å². The summed E-state index contributed by atoms with van der Waals surface area (Å²) in [5, 5.41) is 3.36. The highest BCUT2D eigenvalue weighted by Crippen LogP contribution is 2.68. The van der Waals surface area contributed by atoms with Crippen LogP contribution in [0.1, 0.15) is 33.3 Å². The lowest BCUT2D eigenvalue weighted by Crippen LogP contribution is -2.16. The highest BCUT2D eigenvalue weighted by Gasteiger charge is 2.64. The number of hydrogen-bond acceptors (Lipinski definition) is 2. The number of halogens is 1. The van der Waals surface area contributed by atoms with Crippen LogP contribution >= 0.6 is 12.2 Å². The van der Waals surface area contributed by atoms with Crippen LogP contribution in [0.25, 0.3) is 0 Å². The SMILES string of the molecule is CC1(C)C(CNc2ccc(F)cc2C(N)=S)C1(C)C. The summed E-state index contributed by atoms with van der Waals surface area (Å²) in [6.45, 7) is 9.95. The fourth-order valence-electron chi connectivity index (χ4n) is 2.93. The molecule has 0 radical (unpaired) electrons. The van der Waals surface area contributed by atoms with Crippen molar-refractivity contribution in [3.8, 4) is 0 Å². The minimum absolute atomic E-state index is 0.219. The molecule has 0 atom stereocenters. The van der Waals surface area contributed by atoms with Gasteiger partial charge in [0.25, 0.3) is 0 Å². The van der Waals surface area contributed by atoms with Crippen molar-refractivity contribution >= 4 is 22.9 Å². The van der Waals surface area contributed by atoms with E-state index in [9.17, 15) is 4.39 Å². The van der Waals surface area contributed by atoms with E-state index in [1.807, 2.05) is 0 Å². The zero-order valence-electron chi connectivity index (χ0n) is 11.9. The summed E-state index contributed by atoms with van der Waals surface area (Å²) in [6, 6.07) is 4.51. The van der Waals surface area contributed by atoms with Gasteiger partial charge in [-0.05, 0) is 34.9 Å². The maximum absolute atomic E-state index is 13.2. The van der Waals surface area contributed by atoms with Gasteiger partial charge in [0.15, 0.2) is 0 Å². The lowest BCUT2D eigenvalue weighted by atomic mass is 10.0. The molecule has 2 nitrogen and oxygen atoms in total. The van der Waals surface area contributed by atoms with Crippen LogP contribution in [0.2, 0.25) is 0 Å². The third-order valence-corrected chi connectivity index (χ3v) is 5.28. The zero-order chi connectivity index (χ0) is 14.4. The molecule has 104 valence electrons. The van der Waals surface area contributed by atoms with Crippen molar-refractivity contribution in [2.45, 2.75) is 27.7 Å². The quantitative estimate of drug-likeness (QED) is 0.828. The third-order valence-electron chi connectivity index (χ3n) is 5.06. The van der Waals surface area contributed by atoms with Gasteiger partial charge in [0.1, 0.15) is 10.8 Å². The molecule has 1 aliphatic rings. The number of benzene rings is 1. The van der Waals surface area contributed by atoms with Crippen LogP contribution in [0.5, 0.6) is 0 Å². The molecule has 2 rings (SSSR count). The average molecular weight is 280 g/mol. The topological polar surface area (TPSA) is 38.0 Å². The zero-order valence-corrected chi connectivity index (χ0v) is 12.7. The number of rotatable bonds is 4. The molecule has 1 aromatic rings. The first kappa shape index (κ1) is 14.3. The van der Waals surface area contributed by atoms with Crippen LogP contribution in [0, 0.1) is 22.6 Å². The highest BCUT2D eigenvalue weighted by atomic mass is 32.1. The monoisotopic (exact) mass is 280 g/mol.